The summed E-state index contributed by atoms with van der Waals surface area (Å²) in [5.74, 6) is -0.754. The van der Waals surface area contributed by atoms with Crippen LogP contribution in [0.25, 0.3) is 0 Å². The van der Waals surface area contributed by atoms with Crippen LogP contribution in [0.1, 0.15) is 198 Å². The number of phosphoric acid groups is 1. The summed E-state index contributed by atoms with van der Waals surface area (Å²) in [7, 11) is -2.55. The molecule has 0 aromatic heterocycles. The lowest BCUT2D eigenvalue weighted by atomic mass is 10.0. The van der Waals surface area contributed by atoms with E-state index >= 15 is 0 Å². The van der Waals surface area contributed by atoms with E-state index in [1.807, 2.05) is 31.0 Å². The fraction of sp³-hybridized carbons (Fsp3) is 0.783. The van der Waals surface area contributed by atoms with Crippen molar-refractivity contribution in [1.82, 2.24) is 10.2 Å². The topological polar surface area (TPSA) is 114 Å². The zero-order chi connectivity index (χ0) is 41.0. The van der Waals surface area contributed by atoms with E-state index in [4.69, 9.17) is 13.8 Å². The van der Waals surface area contributed by atoms with Crippen molar-refractivity contribution in [3.05, 3.63) is 48.0 Å². The Kier molecular flexibility index (Phi) is 33.5. The van der Waals surface area contributed by atoms with Crippen molar-refractivity contribution in [2.24, 2.45) is 0 Å². The molecule has 0 aliphatic rings. The van der Waals surface area contributed by atoms with E-state index in [9.17, 15) is 19.0 Å². The van der Waals surface area contributed by atoms with Crippen LogP contribution in [0.5, 0.6) is 0 Å². The van der Waals surface area contributed by atoms with E-state index in [2.05, 4.69) is 19.2 Å². The molecular formula is C46H83N2O7P. The molecule has 56 heavy (non-hydrogen) atoms. The lowest BCUT2D eigenvalue weighted by Crippen LogP contribution is -2.47. The number of allylic oxidation sites excluding steroid dienone is 1. The van der Waals surface area contributed by atoms with E-state index in [0.717, 1.165) is 45.1 Å². The highest BCUT2D eigenvalue weighted by molar-refractivity contribution is 7.47. The van der Waals surface area contributed by atoms with Crippen molar-refractivity contribution in [1.29, 1.82) is 0 Å². The minimum absolute atomic E-state index is 0.0134. The van der Waals surface area contributed by atoms with Gasteiger partial charge in [-0.15, -0.1) is 0 Å². The largest absolute Gasteiger partial charge is 0.472 e. The Hall–Kier alpha value is -2.03. The first-order valence-electron chi connectivity index (χ1n) is 22.7. The molecule has 0 saturated carbocycles. The normalized spacial score (nSPS) is 13.9. The van der Waals surface area contributed by atoms with Crippen molar-refractivity contribution in [3.8, 4) is 0 Å². The molecule has 3 atom stereocenters. The molecule has 0 bridgehead atoms. The number of rotatable bonds is 39. The summed E-state index contributed by atoms with van der Waals surface area (Å²) >= 11 is 0. The molecule has 10 heteroatoms. The molecule has 0 aliphatic carbocycles. The van der Waals surface area contributed by atoms with Gasteiger partial charge < -0.3 is 19.8 Å². The minimum Gasteiger partial charge on any atom is -0.452 e. The van der Waals surface area contributed by atoms with Crippen LogP contribution in [0.15, 0.2) is 42.5 Å². The van der Waals surface area contributed by atoms with Crippen LogP contribution >= 0.6 is 7.82 Å². The first-order valence-corrected chi connectivity index (χ1v) is 24.2. The fourth-order valence-electron chi connectivity index (χ4n) is 6.66. The smallest absolute Gasteiger partial charge is 0.452 e. The van der Waals surface area contributed by atoms with Gasteiger partial charge in [0.25, 0.3) is 0 Å². The third-order valence-corrected chi connectivity index (χ3v) is 11.5. The van der Waals surface area contributed by atoms with Crippen molar-refractivity contribution in [2.45, 2.75) is 200 Å². The third kappa shape index (κ3) is 30.1. The zero-order valence-corrected chi connectivity index (χ0v) is 37.1. The first-order chi connectivity index (χ1) is 27.2. The molecule has 324 valence electrons. The molecule has 1 amide bonds. The number of nitrogens with zero attached hydrogens (tertiary/aromatic N) is 1. The van der Waals surface area contributed by atoms with Gasteiger partial charge in [0.1, 0.15) is 6.10 Å². The maximum atomic E-state index is 13.3. The van der Waals surface area contributed by atoms with Crippen molar-refractivity contribution in [3.63, 3.8) is 0 Å². The van der Waals surface area contributed by atoms with Gasteiger partial charge in [-0.05, 0) is 51.1 Å². The van der Waals surface area contributed by atoms with Gasteiger partial charge in [0.15, 0.2) is 0 Å². The molecule has 0 aliphatic heterocycles. The van der Waals surface area contributed by atoms with Crippen LogP contribution in [0, 0.1) is 0 Å². The number of amides is 1. The number of ether oxygens (including phenoxy) is 1. The van der Waals surface area contributed by atoms with Gasteiger partial charge in [-0.1, -0.05) is 186 Å². The fourth-order valence-corrected chi connectivity index (χ4v) is 7.40. The van der Waals surface area contributed by atoms with E-state index < -0.39 is 25.9 Å². The van der Waals surface area contributed by atoms with Crippen LogP contribution in [0.2, 0.25) is 0 Å². The molecule has 2 N–H and O–H groups in total. The second-order valence-corrected chi connectivity index (χ2v) is 17.1. The summed E-state index contributed by atoms with van der Waals surface area (Å²) < 4.78 is 29.5. The predicted octanol–water partition coefficient (Wildman–Crippen LogP) is 12.5. The van der Waals surface area contributed by atoms with Crippen molar-refractivity contribution < 1.29 is 32.8 Å². The lowest BCUT2D eigenvalue weighted by molar-refractivity contribution is -0.123. The Morgan fingerprint density at radius 2 is 1.20 bits per heavy atom. The highest BCUT2D eigenvalue weighted by atomic mass is 31.2. The molecule has 0 saturated heterocycles. The zero-order valence-electron chi connectivity index (χ0n) is 36.2. The van der Waals surface area contributed by atoms with Crippen LogP contribution in [0.4, 0.5) is 0 Å². The lowest BCUT2D eigenvalue weighted by Gasteiger charge is -2.27. The number of benzene rings is 1. The quantitative estimate of drug-likeness (QED) is 0.0292. The average Bonchev–Trinajstić information content (AvgIpc) is 3.19. The Bertz CT molecular complexity index is 1150. The molecule has 0 heterocycles. The molecule has 1 aromatic rings. The number of carbonyl (C=O) groups is 2. The number of unbranched alkanes of at least 4 members (excludes halogenated alkanes) is 23. The van der Waals surface area contributed by atoms with Gasteiger partial charge in [0.05, 0.1) is 24.8 Å². The van der Waals surface area contributed by atoms with E-state index in [-0.39, 0.29) is 19.1 Å². The van der Waals surface area contributed by atoms with Crippen molar-refractivity contribution in [2.75, 3.05) is 33.4 Å². The number of carbonyl (C=O) groups excluding carboxylic acids is 2. The van der Waals surface area contributed by atoms with Crippen LogP contribution in [0.3, 0.4) is 0 Å². The number of esters is 1. The number of hydrogen-bond donors (Lipinski definition) is 2. The summed E-state index contributed by atoms with van der Waals surface area (Å²) in [5, 5.41) is 2.98. The maximum Gasteiger partial charge on any atom is 0.472 e. The highest BCUT2D eigenvalue weighted by Crippen LogP contribution is 2.43. The monoisotopic (exact) mass is 807 g/mol. The van der Waals surface area contributed by atoms with Gasteiger partial charge in [-0.2, -0.15) is 0 Å². The van der Waals surface area contributed by atoms with Gasteiger partial charge >= 0.3 is 13.8 Å². The molecule has 0 fully saturated rings. The van der Waals surface area contributed by atoms with Crippen LogP contribution in [-0.2, 0) is 23.1 Å². The number of phosphoric ester groups is 1. The highest BCUT2D eigenvalue weighted by Gasteiger charge is 2.30. The Morgan fingerprint density at radius 1 is 0.714 bits per heavy atom. The summed E-state index contributed by atoms with van der Waals surface area (Å²) in [4.78, 5) is 39.1. The van der Waals surface area contributed by atoms with Gasteiger partial charge in [0.2, 0.25) is 5.91 Å². The van der Waals surface area contributed by atoms with Crippen LogP contribution < -0.4 is 5.32 Å². The Balaban J connectivity index is 2.80. The third-order valence-electron chi connectivity index (χ3n) is 10.5. The Morgan fingerprint density at radius 3 is 1.70 bits per heavy atom. The molecule has 1 unspecified atom stereocenters. The number of likely N-dealkylation sites (N-methyl/N-ethyl adjacent to an activating group) is 1. The second kappa shape index (κ2) is 36.1. The summed E-state index contributed by atoms with van der Waals surface area (Å²) in [6, 6.07) is 7.81. The average molecular weight is 807 g/mol. The molecule has 9 nitrogen and oxygen atoms in total. The molecular weight excluding hydrogens is 723 g/mol. The van der Waals surface area contributed by atoms with Gasteiger partial charge in [-0.3, -0.25) is 13.8 Å². The number of nitrogens with one attached hydrogen (secondary N) is 1. The van der Waals surface area contributed by atoms with Crippen molar-refractivity contribution >= 4 is 19.7 Å². The molecule has 0 spiro atoms. The van der Waals surface area contributed by atoms with E-state index in [0.29, 0.717) is 18.5 Å². The van der Waals surface area contributed by atoms with E-state index in [1.165, 1.54) is 122 Å². The minimum atomic E-state index is -4.44. The molecule has 1 rings (SSSR count). The van der Waals surface area contributed by atoms with Gasteiger partial charge in [-0.25, -0.2) is 9.36 Å². The van der Waals surface area contributed by atoms with Crippen LogP contribution in [-0.4, -0.2) is 67.2 Å². The van der Waals surface area contributed by atoms with E-state index in [1.54, 1.807) is 30.3 Å². The maximum absolute atomic E-state index is 13.3. The summed E-state index contributed by atoms with van der Waals surface area (Å²) in [6.07, 6.45) is 33.6. The molecule has 0 radical (unpaired) electrons. The second-order valence-electron chi connectivity index (χ2n) is 15.6. The predicted molar refractivity (Wildman–Crippen MR) is 233 cm³/mol. The summed E-state index contributed by atoms with van der Waals surface area (Å²) in [6.45, 7) is 7.37. The number of hydrogen-bond acceptors (Lipinski definition) is 7. The van der Waals surface area contributed by atoms with Gasteiger partial charge in [0, 0.05) is 13.0 Å². The molecule has 1 aromatic carbocycles. The standard InChI is InChI=1S/C46H83N2O7P/c1-5-8-10-12-14-16-18-20-22-24-26-28-33-37-44(55-46(50)42-35-31-30-32-36-42)43(41-54-56(51,52)53-40-39-48(4)7-3)47-45(49)38-34-29-27-25-23-21-19-17-15-13-11-9-6-2/h30-33,35-37,43-44H,5-29,34,38-41H2,1-4H3,(H,47,49)(H,51,52)/b37-33+/t43-,44+/m0/s1. The first kappa shape index (κ1) is 52.0. The Labute approximate surface area is 343 Å². The summed E-state index contributed by atoms with van der Waals surface area (Å²) in [5.41, 5.74) is 0.380. The SMILES string of the molecule is CCCCCCCCCCCCC/C=C/[C@@H](OC(=O)c1ccccc1)[C@H](COP(=O)(O)OCCN(C)CC)NC(=O)CCCCCCCCCCCCCCC.